The van der Waals surface area contributed by atoms with Gasteiger partial charge < -0.3 is 10.4 Å². The Hall–Kier alpha value is -1.75. The van der Waals surface area contributed by atoms with Crippen LogP contribution < -0.4 is 10.2 Å². The number of nitrogens with one attached hydrogen (secondary N) is 1. The number of benzene rings is 1. The molecule has 1 aliphatic rings. The van der Waals surface area contributed by atoms with Gasteiger partial charge in [-0.05, 0) is 42.5 Å². The highest BCUT2D eigenvalue weighted by atomic mass is 35.5. The molecule has 2 amide bonds. The zero-order chi connectivity index (χ0) is 14.8. The van der Waals surface area contributed by atoms with E-state index in [0.29, 0.717) is 17.3 Å². The van der Waals surface area contributed by atoms with E-state index in [-0.39, 0.29) is 12.0 Å². The molecule has 5 nitrogen and oxygen atoms in total. The van der Waals surface area contributed by atoms with Crippen LogP contribution in [0.4, 0.5) is 10.5 Å². The highest BCUT2D eigenvalue weighted by Gasteiger charge is 2.37. The average molecular weight is 297 g/mol. The van der Waals surface area contributed by atoms with Crippen LogP contribution in [-0.2, 0) is 4.79 Å². The summed E-state index contributed by atoms with van der Waals surface area (Å²) in [6.45, 7) is 2.27. The van der Waals surface area contributed by atoms with E-state index in [1.54, 1.807) is 24.3 Å². The molecule has 1 aromatic rings. The van der Waals surface area contributed by atoms with Crippen LogP contribution in [0.5, 0.6) is 0 Å². The van der Waals surface area contributed by atoms with Crippen molar-refractivity contribution in [3.05, 3.63) is 29.3 Å². The van der Waals surface area contributed by atoms with Crippen LogP contribution in [-0.4, -0.2) is 30.2 Å². The molecule has 0 spiro atoms. The van der Waals surface area contributed by atoms with Gasteiger partial charge in [0.1, 0.15) is 6.54 Å². The first kappa shape index (κ1) is 14.7. The second-order valence-corrected chi connectivity index (χ2v) is 5.86. The van der Waals surface area contributed by atoms with E-state index in [0.717, 1.165) is 12.8 Å². The summed E-state index contributed by atoms with van der Waals surface area (Å²) >= 11 is 5.80. The van der Waals surface area contributed by atoms with E-state index in [1.165, 1.54) is 4.90 Å². The minimum Gasteiger partial charge on any atom is -0.480 e. The maximum absolute atomic E-state index is 12.2. The molecule has 0 bridgehead atoms. The molecule has 1 saturated carbocycles. The van der Waals surface area contributed by atoms with E-state index < -0.39 is 12.0 Å². The molecule has 0 aromatic heterocycles. The van der Waals surface area contributed by atoms with E-state index in [9.17, 15) is 9.59 Å². The van der Waals surface area contributed by atoms with Crippen molar-refractivity contribution in [1.82, 2.24) is 5.32 Å². The molecule has 0 saturated heterocycles. The number of anilines is 1. The van der Waals surface area contributed by atoms with E-state index in [2.05, 4.69) is 12.2 Å². The highest BCUT2D eigenvalue weighted by molar-refractivity contribution is 6.30. The zero-order valence-corrected chi connectivity index (χ0v) is 12.0. The number of carbonyl (C=O) groups excluding carboxylic acids is 1. The SMILES string of the molecule is CC1(CNC(=O)N(CC(=O)O)c2ccc(Cl)cc2)CC1. The molecule has 108 valence electrons. The molecule has 1 aliphatic carbocycles. The first-order valence-electron chi connectivity index (χ1n) is 6.42. The fraction of sp³-hybridized carbons (Fsp3) is 0.429. The number of carbonyl (C=O) groups is 2. The lowest BCUT2D eigenvalue weighted by Gasteiger charge is -2.22. The molecule has 1 fully saturated rings. The molecule has 6 heteroatoms. The summed E-state index contributed by atoms with van der Waals surface area (Å²) in [5, 5.41) is 12.3. The molecular weight excluding hydrogens is 280 g/mol. The third-order valence-corrected chi connectivity index (χ3v) is 3.70. The molecule has 0 unspecified atom stereocenters. The maximum atomic E-state index is 12.2. The van der Waals surface area contributed by atoms with Gasteiger partial charge in [-0.15, -0.1) is 0 Å². The minimum atomic E-state index is -1.06. The molecular formula is C14H17ClN2O3. The zero-order valence-electron chi connectivity index (χ0n) is 11.2. The van der Waals surface area contributed by atoms with Crippen molar-refractivity contribution in [3.8, 4) is 0 Å². The highest BCUT2D eigenvalue weighted by Crippen LogP contribution is 2.44. The minimum absolute atomic E-state index is 0.171. The molecule has 0 heterocycles. The lowest BCUT2D eigenvalue weighted by atomic mass is 10.1. The van der Waals surface area contributed by atoms with E-state index in [1.807, 2.05) is 0 Å². The van der Waals surface area contributed by atoms with Crippen molar-refractivity contribution >= 4 is 29.3 Å². The van der Waals surface area contributed by atoms with Crippen molar-refractivity contribution in [1.29, 1.82) is 0 Å². The van der Waals surface area contributed by atoms with Gasteiger partial charge in [0.25, 0.3) is 0 Å². The number of nitrogens with zero attached hydrogens (tertiary/aromatic N) is 1. The predicted octanol–water partition coefficient (Wildman–Crippen LogP) is 2.74. The molecule has 1 aromatic carbocycles. The molecule has 0 radical (unpaired) electrons. The van der Waals surface area contributed by atoms with Crippen LogP contribution in [0.25, 0.3) is 0 Å². The molecule has 20 heavy (non-hydrogen) atoms. The number of hydrogen-bond donors (Lipinski definition) is 2. The Bertz CT molecular complexity index is 512. The Labute approximate surface area is 122 Å². The van der Waals surface area contributed by atoms with Crippen molar-refractivity contribution in [3.63, 3.8) is 0 Å². The Balaban J connectivity index is 2.07. The number of carboxylic acid groups (broad SMARTS) is 1. The van der Waals surface area contributed by atoms with Gasteiger partial charge in [0.2, 0.25) is 0 Å². The lowest BCUT2D eigenvalue weighted by Crippen LogP contribution is -2.44. The van der Waals surface area contributed by atoms with E-state index in [4.69, 9.17) is 16.7 Å². The number of urea groups is 1. The smallest absolute Gasteiger partial charge is 0.323 e. The van der Waals surface area contributed by atoms with Gasteiger partial charge in [0.05, 0.1) is 0 Å². The first-order valence-corrected chi connectivity index (χ1v) is 6.80. The largest absolute Gasteiger partial charge is 0.480 e. The number of rotatable bonds is 5. The lowest BCUT2D eigenvalue weighted by molar-refractivity contribution is -0.135. The predicted molar refractivity (Wildman–Crippen MR) is 77.2 cm³/mol. The quantitative estimate of drug-likeness (QED) is 0.878. The molecule has 0 atom stereocenters. The van der Waals surface area contributed by atoms with Crippen molar-refractivity contribution in [2.45, 2.75) is 19.8 Å². The average Bonchev–Trinajstić information content (AvgIpc) is 3.13. The second-order valence-electron chi connectivity index (χ2n) is 5.43. The van der Waals surface area contributed by atoms with Gasteiger partial charge in [-0.2, -0.15) is 0 Å². The van der Waals surface area contributed by atoms with Crippen LogP contribution in [0.3, 0.4) is 0 Å². The summed E-state index contributed by atoms with van der Waals surface area (Å²) in [6.07, 6.45) is 2.18. The maximum Gasteiger partial charge on any atom is 0.323 e. The Morgan fingerprint density at radius 2 is 1.95 bits per heavy atom. The van der Waals surface area contributed by atoms with Crippen LogP contribution in [0.15, 0.2) is 24.3 Å². The summed E-state index contributed by atoms with van der Waals surface area (Å²) in [6, 6.07) is 6.11. The Kier molecular flexibility index (Phi) is 4.18. The topological polar surface area (TPSA) is 69.6 Å². The fourth-order valence-electron chi connectivity index (χ4n) is 1.81. The van der Waals surface area contributed by atoms with Crippen LogP contribution >= 0.6 is 11.6 Å². The Morgan fingerprint density at radius 1 is 1.35 bits per heavy atom. The summed E-state index contributed by atoms with van der Waals surface area (Å²) in [7, 11) is 0. The summed E-state index contributed by atoms with van der Waals surface area (Å²) < 4.78 is 0. The number of halogens is 1. The number of aliphatic carboxylic acids is 1. The first-order chi connectivity index (χ1) is 9.39. The standard InChI is InChI=1S/C14H17ClN2O3/c1-14(6-7-14)9-16-13(20)17(8-12(18)19)11-4-2-10(15)3-5-11/h2-5H,6-9H2,1H3,(H,16,20)(H,18,19). The van der Waals surface area contributed by atoms with Crippen molar-refractivity contribution in [2.75, 3.05) is 18.0 Å². The summed E-state index contributed by atoms with van der Waals surface area (Å²) in [5.41, 5.74) is 0.681. The number of carboxylic acids is 1. The van der Waals surface area contributed by atoms with Gasteiger partial charge in [0.15, 0.2) is 0 Å². The van der Waals surface area contributed by atoms with E-state index >= 15 is 0 Å². The van der Waals surface area contributed by atoms with Gasteiger partial charge >= 0.3 is 12.0 Å². The monoisotopic (exact) mass is 296 g/mol. The fourth-order valence-corrected chi connectivity index (χ4v) is 1.94. The third-order valence-electron chi connectivity index (χ3n) is 3.45. The van der Waals surface area contributed by atoms with Gasteiger partial charge in [-0.1, -0.05) is 18.5 Å². The van der Waals surface area contributed by atoms with Crippen LogP contribution in [0.1, 0.15) is 19.8 Å². The van der Waals surface area contributed by atoms with Crippen molar-refractivity contribution < 1.29 is 14.7 Å². The summed E-state index contributed by atoms with van der Waals surface area (Å²) in [5.74, 6) is -1.06. The van der Waals surface area contributed by atoms with Crippen LogP contribution in [0.2, 0.25) is 5.02 Å². The molecule has 2 N–H and O–H groups in total. The number of hydrogen-bond acceptors (Lipinski definition) is 2. The van der Waals surface area contributed by atoms with Gasteiger partial charge in [-0.3, -0.25) is 9.69 Å². The van der Waals surface area contributed by atoms with Crippen LogP contribution in [0, 0.1) is 5.41 Å². The molecule has 2 rings (SSSR count). The third kappa shape index (κ3) is 3.87. The molecule has 0 aliphatic heterocycles. The second kappa shape index (κ2) is 5.71. The normalized spacial score (nSPS) is 15.5. The Morgan fingerprint density at radius 3 is 2.45 bits per heavy atom. The van der Waals surface area contributed by atoms with Gasteiger partial charge in [-0.25, -0.2) is 4.79 Å². The van der Waals surface area contributed by atoms with Gasteiger partial charge in [0, 0.05) is 17.3 Å². The van der Waals surface area contributed by atoms with Crippen molar-refractivity contribution in [2.24, 2.45) is 5.41 Å². The summed E-state index contributed by atoms with van der Waals surface area (Å²) in [4.78, 5) is 24.3. The number of amides is 2.